The minimum Gasteiger partial charge on any atom is -0.494 e. The Morgan fingerprint density at radius 3 is 2.63 bits per heavy atom. The van der Waals surface area contributed by atoms with Gasteiger partial charge in [-0.05, 0) is 32.0 Å². The van der Waals surface area contributed by atoms with E-state index in [2.05, 4.69) is 15.1 Å². The summed E-state index contributed by atoms with van der Waals surface area (Å²) in [4.78, 5) is 22.4. The predicted molar refractivity (Wildman–Crippen MR) is 110 cm³/mol. The van der Waals surface area contributed by atoms with Crippen molar-refractivity contribution in [3.05, 3.63) is 70.0 Å². The lowest BCUT2D eigenvalue weighted by atomic mass is 10.1. The fourth-order valence-corrected chi connectivity index (χ4v) is 3.72. The average Bonchev–Trinajstić information content (AvgIpc) is 3.29. The molecule has 3 heterocycles. The normalized spacial score (nSPS) is 11.5. The van der Waals surface area contributed by atoms with Crippen LogP contribution < -0.4 is 10.3 Å². The van der Waals surface area contributed by atoms with Crippen molar-refractivity contribution >= 4 is 16.7 Å². The maximum Gasteiger partial charge on any atom is 0.285 e. The summed E-state index contributed by atoms with van der Waals surface area (Å²) in [5.74, 6) is 0.314. The predicted octanol–water partition coefficient (Wildman–Crippen LogP) is 4.26. The average molecular weight is 404 g/mol. The monoisotopic (exact) mass is 404 g/mol. The second-order valence-electron chi connectivity index (χ2n) is 6.95. The Morgan fingerprint density at radius 2 is 1.87 bits per heavy atom. The van der Waals surface area contributed by atoms with E-state index in [0.717, 1.165) is 0 Å². The zero-order valence-corrected chi connectivity index (χ0v) is 16.5. The Labute approximate surface area is 169 Å². The first-order valence-corrected chi connectivity index (χ1v) is 9.30. The first kappa shape index (κ1) is 18.1. The van der Waals surface area contributed by atoms with Crippen LogP contribution in [0.1, 0.15) is 11.4 Å². The molecule has 5 aromatic rings. The van der Waals surface area contributed by atoms with E-state index >= 15 is 0 Å². The van der Waals surface area contributed by atoms with Gasteiger partial charge in [0.25, 0.3) is 5.56 Å². The number of nitrogens with zero attached hydrogens (tertiary/aromatic N) is 3. The number of para-hydroxylation sites is 1. The first-order chi connectivity index (χ1) is 14.5. The smallest absolute Gasteiger partial charge is 0.285 e. The second-order valence-corrected chi connectivity index (χ2v) is 6.95. The Balaban J connectivity index is 1.79. The number of ether oxygens (including phenoxy) is 1. The SMILES string of the molecule is COc1cccc2oc(-c3c(C)nc4c(-c5ccccc5F)c(C)[nH]n4c3=O)nc12. The number of methoxy groups -OCH3 is 1. The number of aromatic nitrogens is 4. The molecule has 0 saturated carbocycles. The molecule has 3 aromatic heterocycles. The van der Waals surface area contributed by atoms with Crippen molar-refractivity contribution in [1.29, 1.82) is 0 Å². The Kier molecular flexibility index (Phi) is 3.95. The lowest BCUT2D eigenvalue weighted by Gasteiger charge is -2.04. The van der Waals surface area contributed by atoms with Gasteiger partial charge in [0, 0.05) is 16.8 Å². The van der Waals surface area contributed by atoms with Crippen LogP contribution in [0.25, 0.3) is 39.3 Å². The third-order valence-electron chi connectivity index (χ3n) is 5.10. The van der Waals surface area contributed by atoms with Crippen LogP contribution >= 0.6 is 0 Å². The highest BCUT2D eigenvalue weighted by atomic mass is 19.1. The Morgan fingerprint density at radius 1 is 1.07 bits per heavy atom. The van der Waals surface area contributed by atoms with Crippen molar-refractivity contribution in [3.8, 4) is 28.3 Å². The zero-order valence-electron chi connectivity index (χ0n) is 16.5. The van der Waals surface area contributed by atoms with Crippen LogP contribution in [0.5, 0.6) is 5.75 Å². The lowest BCUT2D eigenvalue weighted by molar-refractivity contribution is 0.419. The third-order valence-corrected chi connectivity index (χ3v) is 5.10. The number of aryl methyl sites for hydroxylation is 2. The van der Waals surface area contributed by atoms with Crippen molar-refractivity contribution in [2.24, 2.45) is 0 Å². The third kappa shape index (κ3) is 2.53. The van der Waals surface area contributed by atoms with E-state index in [-0.39, 0.29) is 22.8 Å². The van der Waals surface area contributed by atoms with Gasteiger partial charge in [0.1, 0.15) is 17.1 Å². The van der Waals surface area contributed by atoms with Crippen LogP contribution in [0, 0.1) is 19.7 Å². The molecular weight excluding hydrogens is 387 g/mol. The van der Waals surface area contributed by atoms with E-state index in [4.69, 9.17) is 9.15 Å². The van der Waals surface area contributed by atoms with Crippen molar-refractivity contribution in [2.45, 2.75) is 13.8 Å². The molecule has 0 bridgehead atoms. The van der Waals surface area contributed by atoms with Crippen LogP contribution in [0.3, 0.4) is 0 Å². The van der Waals surface area contributed by atoms with Gasteiger partial charge in [-0.3, -0.25) is 9.89 Å². The molecule has 2 aromatic carbocycles. The van der Waals surface area contributed by atoms with Crippen molar-refractivity contribution in [2.75, 3.05) is 7.11 Å². The molecule has 0 fully saturated rings. The molecule has 0 amide bonds. The molecule has 7 nitrogen and oxygen atoms in total. The molecule has 0 aliphatic rings. The molecule has 8 heteroatoms. The number of H-pyrrole nitrogens is 1. The van der Waals surface area contributed by atoms with E-state index in [9.17, 15) is 9.18 Å². The van der Waals surface area contributed by atoms with Gasteiger partial charge in [0.15, 0.2) is 16.7 Å². The summed E-state index contributed by atoms with van der Waals surface area (Å²) in [7, 11) is 1.54. The number of hydrogen-bond donors (Lipinski definition) is 1. The highest BCUT2D eigenvalue weighted by Gasteiger charge is 2.23. The summed E-state index contributed by atoms with van der Waals surface area (Å²) in [5, 5.41) is 3.00. The number of rotatable bonds is 3. The molecule has 0 aliphatic carbocycles. The Hall–Kier alpha value is -3.94. The van der Waals surface area contributed by atoms with Crippen molar-refractivity contribution in [1.82, 2.24) is 19.6 Å². The molecule has 0 radical (unpaired) electrons. The lowest BCUT2D eigenvalue weighted by Crippen LogP contribution is -2.19. The van der Waals surface area contributed by atoms with Gasteiger partial charge in [-0.15, -0.1) is 0 Å². The van der Waals surface area contributed by atoms with Crippen LogP contribution in [-0.2, 0) is 0 Å². The summed E-state index contributed by atoms with van der Waals surface area (Å²) in [5.41, 5.74) is 3.19. The van der Waals surface area contributed by atoms with E-state index in [1.807, 2.05) is 0 Å². The Bertz CT molecular complexity index is 1500. The molecular formula is C22H17FN4O3. The van der Waals surface area contributed by atoms with Gasteiger partial charge in [-0.25, -0.2) is 18.9 Å². The van der Waals surface area contributed by atoms with Crippen LogP contribution in [0.15, 0.2) is 51.7 Å². The molecule has 150 valence electrons. The number of fused-ring (bicyclic) bond motifs is 2. The van der Waals surface area contributed by atoms with E-state index < -0.39 is 0 Å². The van der Waals surface area contributed by atoms with Gasteiger partial charge >= 0.3 is 0 Å². The summed E-state index contributed by atoms with van der Waals surface area (Å²) in [6, 6.07) is 11.7. The van der Waals surface area contributed by atoms with Gasteiger partial charge < -0.3 is 9.15 Å². The fraction of sp³-hybridized carbons (Fsp3) is 0.136. The summed E-state index contributed by atoms with van der Waals surface area (Å²) < 4.78 is 26.9. The van der Waals surface area contributed by atoms with E-state index in [1.165, 1.54) is 10.6 Å². The first-order valence-electron chi connectivity index (χ1n) is 9.30. The molecule has 0 spiro atoms. The molecule has 0 saturated heterocycles. The summed E-state index contributed by atoms with van der Waals surface area (Å²) in [6.45, 7) is 3.48. The largest absolute Gasteiger partial charge is 0.494 e. The van der Waals surface area contributed by atoms with Gasteiger partial charge in [-0.1, -0.05) is 24.3 Å². The van der Waals surface area contributed by atoms with Gasteiger partial charge in [0.2, 0.25) is 5.89 Å². The number of halogens is 1. The van der Waals surface area contributed by atoms with Crippen LogP contribution in [0.4, 0.5) is 4.39 Å². The minimum atomic E-state index is -0.385. The second kappa shape index (κ2) is 6.55. The molecule has 0 aliphatic heterocycles. The molecule has 0 unspecified atom stereocenters. The van der Waals surface area contributed by atoms with Crippen LogP contribution in [0.2, 0.25) is 0 Å². The van der Waals surface area contributed by atoms with Crippen molar-refractivity contribution < 1.29 is 13.5 Å². The number of hydrogen-bond acceptors (Lipinski definition) is 5. The zero-order chi connectivity index (χ0) is 21.0. The highest BCUT2D eigenvalue weighted by Crippen LogP contribution is 2.32. The highest BCUT2D eigenvalue weighted by molar-refractivity contribution is 5.84. The van der Waals surface area contributed by atoms with Crippen LogP contribution in [-0.4, -0.2) is 26.7 Å². The van der Waals surface area contributed by atoms with E-state index in [1.54, 1.807) is 57.4 Å². The van der Waals surface area contributed by atoms with Gasteiger partial charge in [0.05, 0.1) is 12.8 Å². The quantitative estimate of drug-likeness (QED) is 0.486. The van der Waals surface area contributed by atoms with E-state index in [0.29, 0.717) is 45.0 Å². The summed E-state index contributed by atoms with van der Waals surface area (Å²) in [6.07, 6.45) is 0. The number of oxazole rings is 1. The number of nitrogens with one attached hydrogen (secondary N) is 1. The van der Waals surface area contributed by atoms with Gasteiger partial charge in [-0.2, -0.15) is 0 Å². The maximum atomic E-state index is 14.4. The standard InChI is InChI=1S/C22H17FN4O3/c1-11-18(21-25-19-15(29-3)9-6-10-16(19)30-21)22(28)27-20(24-11)17(12(2)26-27)13-7-4-5-8-14(13)23/h4-10,26H,1-3H3. The molecule has 1 N–H and O–H groups in total. The number of aromatic amines is 1. The van der Waals surface area contributed by atoms with Crippen molar-refractivity contribution in [3.63, 3.8) is 0 Å². The molecule has 0 atom stereocenters. The topological polar surface area (TPSA) is 85.4 Å². The number of benzene rings is 2. The minimum absolute atomic E-state index is 0.151. The fourth-order valence-electron chi connectivity index (χ4n) is 3.72. The molecule has 5 rings (SSSR count). The maximum absolute atomic E-state index is 14.4. The summed E-state index contributed by atoms with van der Waals surface area (Å²) >= 11 is 0. The molecule has 30 heavy (non-hydrogen) atoms.